The summed E-state index contributed by atoms with van der Waals surface area (Å²) >= 11 is 5.55. The number of anilines is 1. The molecule has 0 aliphatic heterocycles. The molecule has 0 amide bonds. The number of benzene rings is 1. The first-order chi connectivity index (χ1) is 9.63. The summed E-state index contributed by atoms with van der Waals surface area (Å²) in [5, 5.41) is 3.62. The van der Waals surface area contributed by atoms with E-state index in [2.05, 4.69) is 59.4 Å². The van der Waals surface area contributed by atoms with E-state index in [-0.39, 0.29) is 0 Å². The summed E-state index contributed by atoms with van der Waals surface area (Å²) in [6.07, 6.45) is 5.28. The molecule has 0 saturated heterocycles. The van der Waals surface area contributed by atoms with Gasteiger partial charge < -0.3 is 5.32 Å². The number of hydrogen-bond acceptors (Lipinski definition) is 2. The highest BCUT2D eigenvalue weighted by Gasteiger charge is 2.16. The van der Waals surface area contributed by atoms with Gasteiger partial charge in [-0.05, 0) is 74.9 Å². The van der Waals surface area contributed by atoms with Crippen LogP contribution in [0.3, 0.4) is 0 Å². The SMILES string of the molecule is Cc1cc(NC(C)c2cc3c(s2)CCCC3)ccc1Br. The highest BCUT2D eigenvalue weighted by atomic mass is 79.9. The fraction of sp³-hybridized carbons (Fsp3) is 0.412. The summed E-state index contributed by atoms with van der Waals surface area (Å²) in [4.78, 5) is 3.09. The molecule has 0 bridgehead atoms. The fourth-order valence-corrected chi connectivity index (χ4v) is 4.29. The smallest absolute Gasteiger partial charge is 0.0578 e. The first kappa shape index (κ1) is 14.2. The molecular weight excluding hydrogens is 330 g/mol. The Balaban J connectivity index is 1.76. The van der Waals surface area contributed by atoms with Crippen molar-refractivity contribution in [3.8, 4) is 0 Å². The van der Waals surface area contributed by atoms with Crippen LogP contribution in [0, 0.1) is 6.92 Å². The molecule has 1 N–H and O–H groups in total. The summed E-state index contributed by atoms with van der Waals surface area (Å²) in [6, 6.07) is 9.26. The molecule has 1 heterocycles. The Bertz CT molecular complexity index is 594. The topological polar surface area (TPSA) is 12.0 Å². The van der Waals surface area contributed by atoms with E-state index < -0.39 is 0 Å². The van der Waals surface area contributed by atoms with Crippen molar-refractivity contribution >= 4 is 33.0 Å². The molecule has 1 aliphatic rings. The van der Waals surface area contributed by atoms with Crippen LogP contribution in [0.2, 0.25) is 0 Å². The highest BCUT2D eigenvalue weighted by Crippen LogP contribution is 2.34. The van der Waals surface area contributed by atoms with Gasteiger partial charge in [-0.15, -0.1) is 11.3 Å². The monoisotopic (exact) mass is 349 g/mol. The van der Waals surface area contributed by atoms with Gasteiger partial charge in [0, 0.05) is 19.9 Å². The summed E-state index contributed by atoms with van der Waals surface area (Å²) < 4.78 is 1.17. The first-order valence-corrected chi connectivity index (χ1v) is 8.88. The number of aryl methyl sites for hydroxylation is 3. The molecular formula is C17H20BrNS. The second-order valence-electron chi connectivity index (χ2n) is 5.63. The van der Waals surface area contributed by atoms with Crippen LogP contribution >= 0.6 is 27.3 Å². The van der Waals surface area contributed by atoms with Gasteiger partial charge in [-0.1, -0.05) is 15.9 Å². The number of nitrogens with one attached hydrogen (secondary N) is 1. The largest absolute Gasteiger partial charge is 0.378 e. The van der Waals surface area contributed by atoms with Crippen molar-refractivity contribution in [2.24, 2.45) is 0 Å². The van der Waals surface area contributed by atoms with E-state index >= 15 is 0 Å². The third kappa shape index (κ3) is 2.94. The molecule has 0 spiro atoms. The molecule has 3 heteroatoms. The van der Waals surface area contributed by atoms with E-state index in [0.717, 1.165) is 0 Å². The van der Waals surface area contributed by atoms with Crippen molar-refractivity contribution in [1.29, 1.82) is 0 Å². The number of fused-ring (bicyclic) bond motifs is 1. The van der Waals surface area contributed by atoms with Gasteiger partial charge in [0.1, 0.15) is 0 Å². The van der Waals surface area contributed by atoms with Gasteiger partial charge in [-0.3, -0.25) is 0 Å². The van der Waals surface area contributed by atoms with Gasteiger partial charge in [-0.25, -0.2) is 0 Å². The fourth-order valence-electron chi connectivity index (χ4n) is 2.78. The minimum atomic E-state index is 0.381. The molecule has 0 saturated carbocycles. The lowest BCUT2D eigenvalue weighted by atomic mass is 9.99. The van der Waals surface area contributed by atoms with Crippen LogP contribution in [0.15, 0.2) is 28.7 Å². The normalized spacial score (nSPS) is 15.8. The summed E-state index contributed by atoms with van der Waals surface area (Å²) in [6.45, 7) is 4.39. The molecule has 0 fully saturated rings. The summed E-state index contributed by atoms with van der Waals surface area (Å²) in [7, 11) is 0. The van der Waals surface area contributed by atoms with Gasteiger partial charge >= 0.3 is 0 Å². The van der Waals surface area contributed by atoms with Gasteiger partial charge in [-0.2, -0.15) is 0 Å². The number of thiophene rings is 1. The van der Waals surface area contributed by atoms with E-state index in [1.807, 2.05) is 11.3 Å². The molecule has 1 nitrogen and oxygen atoms in total. The standard InChI is InChI=1S/C17H20BrNS/c1-11-9-14(7-8-15(11)18)19-12(2)17-10-13-5-3-4-6-16(13)20-17/h7-10,12,19H,3-6H2,1-2H3. The zero-order valence-electron chi connectivity index (χ0n) is 12.0. The predicted molar refractivity (Wildman–Crippen MR) is 91.9 cm³/mol. The van der Waals surface area contributed by atoms with Crippen molar-refractivity contribution in [2.75, 3.05) is 5.32 Å². The lowest BCUT2D eigenvalue weighted by molar-refractivity contribution is 0.696. The van der Waals surface area contributed by atoms with Crippen LogP contribution in [0.4, 0.5) is 5.69 Å². The van der Waals surface area contributed by atoms with Crippen LogP contribution in [0.25, 0.3) is 0 Å². The Morgan fingerprint density at radius 1 is 1.20 bits per heavy atom. The van der Waals surface area contributed by atoms with Gasteiger partial charge in [0.25, 0.3) is 0 Å². The van der Waals surface area contributed by atoms with Gasteiger partial charge in [0.2, 0.25) is 0 Å². The van der Waals surface area contributed by atoms with Crippen molar-refractivity contribution in [3.63, 3.8) is 0 Å². The maximum Gasteiger partial charge on any atom is 0.0578 e. The molecule has 3 rings (SSSR count). The van der Waals surface area contributed by atoms with Crippen LogP contribution in [-0.2, 0) is 12.8 Å². The maximum atomic E-state index is 3.62. The second-order valence-corrected chi connectivity index (χ2v) is 7.66. The Kier molecular flexibility index (Phi) is 4.18. The Morgan fingerprint density at radius 3 is 2.75 bits per heavy atom. The molecule has 2 aromatic rings. The van der Waals surface area contributed by atoms with Crippen LogP contribution in [0.1, 0.15) is 46.7 Å². The lowest BCUT2D eigenvalue weighted by Gasteiger charge is -2.14. The molecule has 20 heavy (non-hydrogen) atoms. The van der Waals surface area contributed by atoms with Crippen LogP contribution in [0.5, 0.6) is 0 Å². The zero-order chi connectivity index (χ0) is 14.1. The van der Waals surface area contributed by atoms with Gasteiger partial charge in [0.15, 0.2) is 0 Å². The summed E-state index contributed by atoms with van der Waals surface area (Å²) in [5.74, 6) is 0. The van der Waals surface area contributed by atoms with E-state index in [1.54, 1.807) is 10.4 Å². The minimum absolute atomic E-state index is 0.381. The van der Waals surface area contributed by atoms with E-state index in [9.17, 15) is 0 Å². The second kappa shape index (κ2) is 5.90. The third-order valence-electron chi connectivity index (χ3n) is 3.98. The molecule has 1 aliphatic carbocycles. The zero-order valence-corrected chi connectivity index (χ0v) is 14.4. The molecule has 0 radical (unpaired) electrons. The maximum absolute atomic E-state index is 3.62. The van der Waals surface area contributed by atoms with Gasteiger partial charge in [0.05, 0.1) is 6.04 Å². The van der Waals surface area contributed by atoms with Crippen molar-refractivity contribution < 1.29 is 0 Å². The molecule has 1 aromatic carbocycles. The Labute approximate surface area is 133 Å². The summed E-state index contributed by atoms with van der Waals surface area (Å²) in [5.41, 5.74) is 4.06. The van der Waals surface area contributed by atoms with E-state index in [0.29, 0.717) is 6.04 Å². The average molecular weight is 350 g/mol. The molecule has 106 valence electrons. The third-order valence-corrected chi connectivity index (χ3v) is 6.29. The van der Waals surface area contributed by atoms with Crippen LogP contribution < -0.4 is 5.32 Å². The molecule has 1 atom stereocenters. The van der Waals surface area contributed by atoms with Crippen LogP contribution in [-0.4, -0.2) is 0 Å². The van der Waals surface area contributed by atoms with Crippen molar-refractivity contribution in [2.45, 2.75) is 45.6 Å². The van der Waals surface area contributed by atoms with E-state index in [4.69, 9.17) is 0 Å². The number of hydrogen-bond donors (Lipinski definition) is 1. The number of halogens is 1. The predicted octanol–water partition coefficient (Wildman–Crippen LogP) is 5.87. The van der Waals surface area contributed by atoms with Crippen molar-refractivity contribution in [3.05, 3.63) is 49.6 Å². The minimum Gasteiger partial charge on any atom is -0.378 e. The molecule has 1 aromatic heterocycles. The van der Waals surface area contributed by atoms with Crippen molar-refractivity contribution in [1.82, 2.24) is 0 Å². The highest BCUT2D eigenvalue weighted by molar-refractivity contribution is 9.10. The lowest BCUT2D eigenvalue weighted by Crippen LogP contribution is -2.04. The number of rotatable bonds is 3. The first-order valence-electron chi connectivity index (χ1n) is 7.27. The average Bonchev–Trinajstić information content (AvgIpc) is 2.87. The Hall–Kier alpha value is -0.800. The van der Waals surface area contributed by atoms with E-state index in [1.165, 1.54) is 46.3 Å². The Morgan fingerprint density at radius 2 is 2.00 bits per heavy atom. The quantitative estimate of drug-likeness (QED) is 0.730. The molecule has 1 unspecified atom stereocenters.